The number of dihydropyridines is 1. The Morgan fingerprint density at radius 2 is 2.25 bits per heavy atom. The second-order valence-corrected chi connectivity index (χ2v) is 7.80. The van der Waals surface area contributed by atoms with Crippen molar-refractivity contribution in [2.75, 3.05) is 32.6 Å². The zero-order valence-electron chi connectivity index (χ0n) is 15.1. The third-order valence-corrected chi connectivity index (χ3v) is 4.81. The third kappa shape index (κ3) is 4.95. The van der Waals surface area contributed by atoms with E-state index in [2.05, 4.69) is 64.3 Å². The topological polar surface area (TPSA) is 48.3 Å². The highest BCUT2D eigenvalue weighted by Gasteiger charge is 2.53. The van der Waals surface area contributed by atoms with Gasteiger partial charge in [0.15, 0.2) is 0 Å². The largest absolute Gasteiger partial charge is 0.383 e. The van der Waals surface area contributed by atoms with Crippen LogP contribution >= 0.6 is 15.9 Å². The third-order valence-electron chi connectivity index (χ3n) is 4.42. The van der Waals surface area contributed by atoms with E-state index >= 15 is 0 Å². The Bertz CT molecular complexity index is 572. The first-order valence-corrected chi connectivity index (χ1v) is 9.68. The summed E-state index contributed by atoms with van der Waals surface area (Å²) < 4.78 is 5.99. The summed E-state index contributed by atoms with van der Waals surface area (Å²) in [6, 6.07) is 2.56. The average molecular weight is 394 g/mol. The zero-order chi connectivity index (χ0) is 17.7. The molecule has 0 spiro atoms. The van der Waals surface area contributed by atoms with Crippen molar-refractivity contribution in [3.05, 3.63) is 35.1 Å². The van der Waals surface area contributed by atoms with E-state index < -0.39 is 0 Å². The lowest BCUT2D eigenvalue weighted by molar-refractivity contribution is 0.114. The Kier molecular flexibility index (Phi) is 7.09. The van der Waals surface area contributed by atoms with E-state index in [9.17, 15) is 5.26 Å². The second kappa shape index (κ2) is 8.84. The van der Waals surface area contributed by atoms with E-state index in [-0.39, 0.29) is 18.1 Å². The molecule has 5 heteroatoms. The Hall–Kier alpha value is -1.09. The van der Waals surface area contributed by atoms with Crippen molar-refractivity contribution in [2.24, 2.45) is 11.8 Å². The van der Waals surface area contributed by atoms with Gasteiger partial charge in [0.1, 0.15) is 0 Å². The fourth-order valence-electron chi connectivity index (χ4n) is 2.99. The van der Waals surface area contributed by atoms with Gasteiger partial charge in [-0.05, 0) is 43.7 Å². The molecule has 0 aromatic heterocycles. The van der Waals surface area contributed by atoms with E-state index in [1.807, 2.05) is 14.1 Å². The van der Waals surface area contributed by atoms with Gasteiger partial charge >= 0.3 is 0 Å². The molecule has 1 saturated carbocycles. The highest BCUT2D eigenvalue weighted by atomic mass is 79.9. The van der Waals surface area contributed by atoms with Crippen LogP contribution in [0.3, 0.4) is 0 Å². The van der Waals surface area contributed by atoms with Gasteiger partial charge in [-0.15, -0.1) is 0 Å². The van der Waals surface area contributed by atoms with Crippen molar-refractivity contribution < 1.29 is 4.74 Å². The normalized spacial score (nSPS) is 26.8. The van der Waals surface area contributed by atoms with Crippen LogP contribution in [-0.4, -0.2) is 49.6 Å². The first-order chi connectivity index (χ1) is 11.5. The molecule has 3 unspecified atom stereocenters. The number of likely N-dealkylation sites (N-methyl/N-ethyl adjacent to an activating group) is 1. The molecule has 0 radical (unpaired) electrons. The van der Waals surface area contributed by atoms with Crippen LogP contribution in [0.15, 0.2) is 35.1 Å². The summed E-state index contributed by atoms with van der Waals surface area (Å²) in [6.45, 7) is 5.77. The predicted octanol–water partition coefficient (Wildman–Crippen LogP) is 3.24. The average Bonchev–Trinajstić information content (AvgIpc) is 3.26. The number of hydrogen-bond acceptors (Lipinski definition) is 4. The number of nitrogens with one attached hydrogen (secondary N) is 1. The van der Waals surface area contributed by atoms with Crippen LogP contribution < -0.4 is 5.32 Å². The van der Waals surface area contributed by atoms with Crippen molar-refractivity contribution in [3.63, 3.8) is 0 Å². The van der Waals surface area contributed by atoms with E-state index in [1.54, 1.807) is 0 Å². The van der Waals surface area contributed by atoms with Gasteiger partial charge in [-0.2, -0.15) is 5.26 Å². The molecule has 0 saturated heterocycles. The minimum absolute atomic E-state index is 0.0102. The molecule has 132 valence electrons. The highest BCUT2D eigenvalue weighted by molar-refractivity contribution is 9.09. The first-order valence-electron chi connectivity index (χ1n) is 8.56. The summed E-state index contributed by atoms with van der Waals surface area (Å²) in [5.74, 6) is 0.526. The lowest BCUT2D eigenvalue weighted by Gasteiger charge is -2.21. The van der Waals surface area contributed by atoms with Crippen molar-refractivity contribution in [1.82, 2.24) is 10.2 Å². The Balaban J connectivity index is 2.01. The maximum Gasteiger partial charge on any atom is 0.0923 e. The van der Waals surface area contributed by atoms with Crippen LogP contribution in [0.4, 0.5) is 0 Å². The molecular formula is C19H28BrN3O. The molecule has 2 rings (SSSR count). The second-order valence-electron chi connectivity index (χ2n) is 7.01. The Morgan fingerprint density at radius 3 is 2.79 bits per heavy atom. The van der Waals surface area contributed by atoms with Gasteiger partial charge < -0.3 is 15.0 Å². The van der Waals surface area contributed by atoms with Crippen LogP contribution in [0.5, 0.6) is 0 Å². The first kappa shape index (κ1) is 19.2. The van der Waals surface area contributed by atoms with Gasteiger partial charge in [0.05, 0.1) is 30.7 Å². The summed E-state index contributed by atoms with van der Waals surface area (Å²) in [4.78, 5) is 2.08. The lowest BCUT2D eigenvalue weighted by atomic mass is 9.99. The molecule has 4 nitrogen and oxygen atoms in total. The van der Waals surface area contributed by atoms with Crippen molar-refractivity contribution in [2.45, 2.75) is 32.4 Å². The van der Waals surface area contributed by atoms with Crippen molar-refractivity contribution >= 4 is 15.9 Å². The number of ether oxygens (including phenoxy) is 1. The number of alkyl halides is 1. The SMILES string of the molecule is CC(C)/C=C/C1=C(CCBr)CNC(COC2C(C#N)C2N(C)C)=C1. The summed E-state index contributed by atoms with van der Waals surface area (Å²) >= 11 is 3.53. The molecular weight excluding hydrogens is 366 g/mol. The molecule has 1 aliphatic carbocycles. The molecule has 24 heavy (non-hydrogen) atoms. The monoisotopic (exact) mass is 393 g/mol. The minimum atomic E-state index is -0.0102. The van der Waals surface area contributed by atoms with Gasteiger partial charge in [-0.1, -0.05) is 41.9 Å². The highest BCUT2D eigenvalue weighted by Crippen LogP contribution is 2.37. The molecule has 0 bridgehead atoms. The van der Waals surface area contributed by atoms with Crippen LogP contribution in [-0.2, 0) is 4.74 Å². The van der Waals surface area contributed by atoms with Crippen molar-refractivity contribution in [1.29, 1.82) is 5.26 Å². The quantitative estimate of drug-likeness (QED) is 0.643. The molecule has 1 aliphatic heterocycles. The van der Waals surface area contributed by atoms with E-state index in [0.717, 1.165) is 24.0 Å². The number of halogens is 1. The van der Waals surface area contributed by atoms with Gasteiger partial charge in [-0.3, -0.25) is 0 Å². The molecule has 0 aromatic rings. The maximum atomic E-state index is 9.18. The smallest absolute Gasteiger partial charge is 0.0923 e. The van der Waals surface area contributed by atoms with Gasteiger partial charge in [0, 0.05) is 17.6 Å². The van der Waals surface area contributed by atoms with E-state index in [4.69, 9.17) is 4.74 Å². The molecule has 0 amide bonds. The lowest BCUT2D eigenvalue weighted by Crippen LogP contribution is -2.26. The van der Waals surface area contributed by atoms with Gasteiger partial charge in [-0.25, -0.2) is 0 Å². The predicted molar refractivity (Wildman–Crippen MR) is 102 cm³/mol. The molecule has 2 aliphatic rings. The molecule has 1 heterocycles. The van der Waals surface area contributed by atoms with Gasteiger partial charge in [0.2, 0.25) is 0 Å². The zero-order valence-corrected chi connectivity index (χ0v) is 16.6. The number of hydrogen-bond donors (Lipinski definition) is 1. The maximum absolute atomic E-state index is 9.18. The summed E-state index contributed by atoms with van der Waals surface area (Å²) in [5.41, 5.74) is 3.80. The molecule has 0 aromatic carbocycles. The summed E-state index contributed by atoms with van der Waals surface area (Å²) in [7, 11) is 4.00. The summed E-state index contributed by atoms with van der Waals surface area (Å²) in [6.07, 6.45) is 7.71. The van der Waals surface area contributed by atoms with Gasteiger partial charge in [0.25, 0.3) is 0 Å². The molecule has 1 N–H and O–H groups in total. The number of nitriles is 1. The molecule has 1 fully saturated rings. The van der Waals surface area contributed by atoms with Crippen LogP contribution in [0.1, 0.15) is 20.3 Å². The summed E-state index contributed by atoms with van der Waals surface area (Å²) in [5, 5.41) is 13.6. The van der Waals surface area contributed by atoms with Crippen LogP contribution in [0, 0.1) is 23.2 Å². The van der Waals surface area contributed by atoms with Crippen LogP contribution in [0.25, 0.3) is 0 Å². The fourth-order valence-corrected chi connectivity index (χ4v) is 3.46. The number of rotatable bonds is 8. The molecule has 3 atom stereocenters. The van der Waals surface area contributed by atoms with Crippen molar-refractivity contribution in [3.8, 4) is 6.07 Å². The number of allylic oxidation sites excluding steroid dienone is 4. The van der Waals surface area contributed by atoms with E-state index in [1.165, 1.54) is 11.1 Å². The van der Waals surface area contributed by atoms with E-state index in [0.29, 0.717) is 12.5 Å². The van der Waals surface area contributed by atoms with Crippen LogP contribution in [0.2, 0.25) is 0 Å². The number of nitrogens with zero attached hydrogens (tertiary/aromatic N) is 2. The Labute approximate surface area is 154 Å². The minimum Gasteiger partial charge on any atom is -0.383 e. The standard InChI is InChI=1S/C19H28BrN3O/c1-13(2)5-6-14-9-16(22-11-15(14)7-8-20)12-24-19-17(10-21)18(19)23(3)4/h5-6,9,13,17-19,22H,7-8,11-12H2,1-4H3/b6-5+. The fraction of sp³-hybridized carbons (Fsp3) is 0.632. The Morgan fingerprint density at radius 1 is 1.50 bits per heavy atom.